The highest BCUT2D eigenvalue weighted by molar-refractivity contribution is 4.98. The number of rotatable bonds is 6. The van der Waals surface area contributed by atoms with Crippen molar-refractivity contribution in [3.8, 4) is 0 Å². The van der Waals surface area contributed by atoms with E-state index in [2.05, 4.69) is 28.8 Å². The van der Waals surface area contributed by atoms with Crippen LogP contribution in [0, 0.1) is 5.92 Å². The molecule has 1 aromatic rings. The minimum absolute atomic E-state index is 0.139. The first-order valence-electron chi connectivity index (χ1n) is 6.84. The van der Waals surface area contributed by atoms with Crippen LogP contribution in [0.15, 0.2) is 12.4 Å². The zero-order valence-electron chi connectivity index (χ0n) is 11.3. The Hall–Kier alpha value is -0.910. The molecule has 0 aliphatic carbocycles. The topological polar surface area (TPSA) is 65.1 Å². The largest absolute Gasteiger partial charge is 0.376 e. The molecule has 0 amide bonds. The van der Waals surface area contributed by atoms with Gasteiger partial charge in [-0.2, -0.15) is 0 Å². The lowest BCUT2D eigenvalue weighted by Crippen LogP contribution is -2.47. The van der Waals surface area contributed by atoms with Crippen molar-refractivity contribution in [3.63, 3.8) is 0 Å². The van der Waals surface area contributed by atoms with Gasteiger partial charge in [0.05, 0.1) is 12.1 Å². The molecule has 2 rings (SSSR count). The lowest BCUT2D eigenvalue weighted by molar-refractivity contribution is 0.0601. The molecule has 2 heterocycles. The first kappa shape index (κ1) is 13.5. The highest BCUT2D eigenvalue weighted by Gasteiger charge is 2.32. The van der Waals surface area contributed by atoms with Crippen LogP contribution in [0.2, 0.25) is 0 Å². The molecule has 18 heavy (non-hydrogen) atoms. The summed E-state index contributed by atoms with van der Waals surface area (Å²) >= 11 is 0. The van der Waals surface area contributed by atoms with Crippen molar-refractivity contribution >= 4 is 0 Å². The van der Waals surface area contributed by atoms with Crippen LogP contribution in [-0.2, 0) is 17.7 Å². The van der Waals surface area contributed by atoms with Crippen molar-refractivity contribution in [1.29, 1.82) is 0 Å². The molecule has 0 spiro atoms. The summed E-state index contributed by atoms with van der Waals surface area (Å²) in [5.74, 6) is 7.33. The van der Waals surface area contributed by atoms with Crippen LogP contribution < -0.4 is 11.3 Å². The Morgan fingerprint density at radius 2 is 2.50 bits per heavy atom. The van der Waals surface area contributed by atoms with E-state index in [1.807, 2.05) is 12.4 Å². The van der Waals surface area contributed by atoms with Crippen LogP contribution in [0.5, 0.6) is 0 Å². The molecule has 1 fully saturated rings. The van der Waals surface area contributed by atoms with Gasteiger partial charge in [-0.25, -0.2) is 4.98 Å². The third-order valence-corrected chi connectivity index (χ3v) is 3.72. The van der Waals surface area contributed by atoms with Crippen molar-refractivity contribution in [1.82, 2.24) is 15.0 Å². The summed E-state index contributed by atoms with van der Waals surface area (Å²) in [5.41, 5.74) is 2.90. The summed E-state index contributed by atoms with van der Waals surface area (Å²) in [6.07, 6.45) is 7.13. The number of aryl methyl sites for hydroxylation is 1. The predicted molar refractivity (Wildman–Crippen MR) is 70.9 cm³/mol. The first-order chi connectivity index (χ1) is 8.76. The summed E-state index contributed by atoms with van der Waals surface area (Å²) in [7, 11) is 0. The number of hydrogen-bond acceptors (Lipinski definition) is 4. The third-order valence-electron chi connectivity index (χ3n) is 3.72. The Morgan fingerprint density at radius 1 is 1.67 bits per heavy atom. The number of hydrogen-bond donors (Lipinski definition) is 2. The number of hydrazine groups is 1. The Bertz CT molecular complexity index is 366. The monoisotopic (exact) mass is 252 g/mol. The standard InChI is InChI=1S/C13H24N4O/c1-3-6-17-7-5-15-12(17)9-11(16-14)13-10(2)4-8-18-13/h5,7,10-11,13,16H,3-4,6,8-9,14H2,1-2H3. The summed E-state index contributed by atoms with van der Waals surface area (Å²) in [4.78, 5) is 4.43. The zero-order valence-corrected chi connectivity index (χ0v) is 11.3. The van der Waals surface area contributed by atoms with Crippen LogP contribution in [0.3, 0.4) is 0 Å². The van der Waals surface area contributed by atoms with E-state index in [0.29, 0.717) is 5.92 Å². The van der Waals surface area contributed by atoms with Gasteiger partial charge in [-0.05, 0) is 18.8 Å². The second-order valence-electron chi connectivity index (χ2n) is 5.12. The van der Waals surface area contributed by atoms with Gasteiger partial charge >= 0.3 is 0 Å². The molecule has 3 unspecified atom stereocenters. The Labute approximate surface area is 109 Å². The van der Waals surface area contributed by atoms with Gasteiger partial charge in [-0.15, -0.1) is 0 Å². The van der Waals surface area contributed by atoms with Gasteiger partial charge in [0.1, 0.15) is 5.82 Å². The van der Waals surface area contributed by atoms with Crippen molar-refractivity contribution < 1.29 is 4.74 Å². The molecular weight excluding hydrogens is 228 g/mol. The Kier molecular flexibility index (Phi) is 4.74. The Balaban J connectivity index is 2.03. The average molecular weight is 252 g/mol. The smallest absolute Gasteiger partial charge is 0.110 e. The fourth-order valence-electron chi connectivity index (χ4n) is 2.67. The quantitative estimate of drug-likeness (QED) is 0.587. The molecule has 0 radical (unpaired) electrons. The summed E-state index contributed by atoms with van der Waals surface area (Å²) in [5, 5.41) is 0. The number of aromatic nitrogens is 2. The first-order valence-corrected chi connectivity index (χ1v) is 6.84. The number of nitrogens with one attached hydrogen (secondary N) is 1. The molecule has 3 atom stereocenters. The van der Waals surface area contributed by atoms with E-state index < -0.39 is 0 Å². The highest BCUT2D eigenvalue weighted by Crippen LogP contribution is 2.24. The normalized spacial score (nSPS) is 25.5. The van der Waals surface area contributed by atoms with Crippen molar-refractivity contribution in [2.24, 2.45) is 11.8 Å². The van der Waals surface area contributed by atoms with E-state index >= 15 is 0 Å². The fraction of sp³-hybridized carbons (Fsp3) is 0.769. The second kappa shape index (κ2) is 6.31. The molecule has 1 aliphatic rings. The molecule has 0 bridgehead atoms. The van der Waals surface area contributed by atoms with E-state index in [4.69, 9.17) is 10.6 Å². The van der Waals surface area contributed by atoms with Crippen LogP contribution in [-0.4, -0.2) is 28.3 Å². The molecule has 5 nitrogen and oxygen atoms in total. The van der Waals surface area contributed by atoms with Gasteiger partial charge in [0, 0.05) is 32.0 Å². The molecule has 1 aromatic heterocycles. The summed E-state index contributed by atoms with van der Waals surface area (Å²) < 4.78 is 7.99. The van der Waals surface area contributed by atoms with Crippen molar-refractivity contribution in [2.75, 3.05) is 6.61 Å². The van der Waals surface area contributed by atoms with Crippen LogP contribution in [0.4, 0.5) is 0 Å². The molecule has 102 valence electrons. The van der Waals surface area contributed by atoms with Gasteiger partial charge in [0.15, 0.2) is 0 Å². The Morgan fingerprint density at radius 3 is 3.11 bits per heavy atom. The maximum atomic E-state index is 5.79. The van der Waals surface area contributed by atoms with Crippen LogP contribution in [0.1, 0.15) is 32.5 Å². The zero-order chi connectivity index (χ0) is 13.0. The maximum Gasteiger partial charge on any atom is 0.110 e. The molecule has 3 N–H and O–H groups in total. The number of imidazole rings is 1. The van der Waals surface area contributed by atoms with E-state index in [-0.39, 0.29) is 12.1 Å². The van der Waals surface area contributed by atoms with Crippen molar-refractivity contribution in [2.45, 2.75) is 51.8 Å². The lowest BCUT2D eigenvalue weighted by Gasteiger charge is -2.25. The molecular formula is C13H24N4O. The fourth-order valence-corrected chi connectivity index (χ4v) is 2.67. The highest BCUT2D eigenvalue weighted by atomic mass is 16.5. The second-order valence-corrected chi connectivity index (χ2v) is 5.12. The van der Waals surface area contributed by atoms with E-state index in [0.717, 1.165) is 38.2 Å². The predicted octanol–water partition coefficient (Wildman–Crippen LogP) is 1.09. The van der Waals surface area contributed by atoms with Gasteiger partial charge in [0.25, 0.3) is 0 Å². The van der Waals surface area contributed by atoms with Crippen LogP contribution in [0.25, 0.3) is 0 Å². The number of ether oxygens (including phenoxy) is 1. The summed E-state index contributed by atoms with van der Waals surface area (Å²) in [6, 6.07) is 0.139. The number of nitrogens with zero attached hydrogens (tertiary/aromatic N) is 2. The van der Waals surface area contributed by atoms with Gasteiger partial charge < -0.3 is 9.30 Å². The van der Waals surface area contributed by atoms with Gasteiger partial charge in [0.2, 0.25) is 0 Å². The molecule has 1 saturated heterocycles. The maximum absolute atomic E-state index is 5.79. The lowest BCUT2D eigenvalue weighted by atomic mass is 9.96. The van der Waals surface area contributed by atoms with Crippen molar-refractivity contribution in [3.05, 3.63) is 18.2 Å². The molecule has 0 aromatic carbocycles. The SMILES string of the molecule is CCCn1ccnc1CC(NN)C1OCCC1C. The number of nitrogens with two attached hydrogens (primary N) is 1. The average Bonchev–Trinajstić information content (AvgIpc) is 2.96. The van der Waals surface area contributed by atoms with Gasteiger partial charge in [-0.3, -0.25) is 11.3 Å². The van der Waals surface area contributed by atoms with E-state index in [9.17, 15) is 0 Å². The van der Waals surface area contributed by atoms with Crippen LogP contribution >= 0.6 is 0 Å². The van der Waals surface area contributed by atoms with Gasteiger partial charge in [-0.1, -0.05) is 13.8 Å². The third kappa shape index (κ3) is 2.91. The minimum atomic E-state index is 0.139. The summed E-state index contributed by atoms with van der Waals surface area (Å²) in [6.45, 7) is 6.24. The molecule has 1 aliphatic heterocycles. The van der Waals surface area contributed by atoms with E-state index in [1.54, 1.807) is 0 Å². The minimum Gasteiger partial charge on any atom is -0.376 e. The molecule has 5 heteroatoms. The van der Waals surface area contributed by atoms with E-state index in [1.165, 1.54) is 0 Å². The molecule has 0 saturated carbocycles.